The second-order valence-corrected chi connectivity index (χ2v) is 2.29. The number of aromatic nitrogens is 2. The summed E-state index contributed by atoms with van der Waals surface area (Å²) < 4.78 is 17.6. The molecule has 0 saturated carbocycles. The standard InChI is InChI=1S/C8H9FN2O2/c1-2-13-8(12)7(9)6-3-10-5-11-4-6/h3-5,7H,2H2,1H3. The molecule has 0 aromatic carbocycles. The van der Waals surface area contributed by atoms with E-state index in [-0.39, 0.29) is 12.2 Å². The molecule has 0 saturated heterocycles. The maximum atomic E-state index is 13.2. The number of esters is 1. The lowest BCUT2D eigenvalue weighted by atomic mass is 10.2. The number of hydrogen-bond donors (Lipinski definition) is 0. The predicted octanol–water partition coefficient (Wildman–Crippen LogP) is 1.05. The molecule has 0 aliphatic heterocycles. The first kappa shape index (κ1) is 9.57. The van der Waals surface area contributed by atoms with Gasteiger partial charge in [-0.25, -0.2) is 19.2 Å². The third kappa shape index (κ3) is 2.47. The molecule has 0 aliphatic carbocycles. The van der Waals surface area contributed by atoms with E-state index >= 15 is 0 Å². The number of nitrogens with zero attached hydrogens (tertiary/aromatic N) is 2. The van der Waals surface area contributed by atoms with Gasteiger partial charge >= 0.3 is 5.97 Å². The summed E-state index contributed by atoms with van der Waals surface area (Å²) in [5, 5.41) is 0. The van der Waals surface area contributed by atoms with Crippen molar-refractivity contribution in [3.63, 3.8) is 0 Å². The van der Waals surface area contributed by atoms with Crippen molar-refractivity contribution >= 4 is 5.97 Å². The van der Waals surface area contributed by atoms with Crippen LogP contribution in [0.25, 0.3) is 0 Å². The van der Waals surface area contributed by atoms with Crippen LogP contribution in [-0.4, -0.2) is 22.5 Å². The fraction of sp³-hybridized carbons (Fsp3) is 0.375. The first-order valence-corrected chi connectivity index (χ1v) is 3.81. The van der Waals surface area contributed by atoms with Crippen LogP contribution in [0.3, 0.4) is 0 Å². The maximum Gasteiger partial charge on any atom is 0.345 e. The molecule has 5 heteroatoms. The minimum Gasteiger partial charge on any atom is -0.464 e. The van der Waals surface area contributed by atoms with E-state index in [1.165, 1.54) is 18.7 Å². The van der Waals surface area contributed by atoms with E-state index in [2.05, 4.69) is 14.7 Å². The van der Waals surface area contributed by atoms with Gasteiger partial charge in [0.25, 0.3) is 0 Å². The topological polar surface area (TPSA) is 52.1 Å². The molecule has 1 rings (SSSR count). The van der Waals surface area contributed by atoms with E-state index in [1.807, 2.05) is 0 Å². The summed E-state index contributed by atoms with van der Waals surface area (Å²) in [6.07, 6.45) is 1.96. The summed E-state index contributed by atoms with van der Waals surface area (Å²) in [4.78, 5) is 18.1. The van der Waals surface area contributed by atoms with E-state index in [4.69, 9.17) is 0 Å². The smallest absolute Gasteiger partial charge is 0.345 e. The fourth-order valence-electron chi connectivity index (χ4n) is 0.793. The highest BCUT2D eigenvalue weighted by atomic mass is 19.1. The molecule has 0 spiro atoms. The molecular weight excluding hydrogens is 175 g/mol. The summed E-state index contributed by atoms with van der Waals surface area (Å²) in [5.41, 5.74) is 0.112. The number of alkyl halides is 1. The molecule has 1 unspecified atom stereocenters. The third-order valence-electron chi connectivity index (χ3n) is 1.37. The lowest BCUT2D eigenvalue weighted by Crippen LogP contribution is -2.12. The van der Waals surface area contributed by atoms with Crippen LogP contribution < -0.4 is 0 Å². The van der Waals surface area contributed by atoms with Gasteiger partial charge < -0.3 is 4.74 Å². The molecule has 0 fully saturated rings. The van der Waals surface area contributed by atoms with Crippen molar-refractivity contribution in [2.24, 2.45) is 0 Å². The molecule has 0 amide bonds. The number of carbonyl (C=O) groups is 1. The van der Waals surface area contributed by atoms with Crippen molar-refractivity contribution in [2.75, 3.05) is 6.61 Å². The average molecular weight is 184 g/mol. The van der Waals surface area contributed by atoms with Gasteiger partial charge in [0.1, 0.15) is 6.33 Å². The van der Waals surface area contributed by atoms with Crippen LogP contribution in [0.5, 0.6) is 0 Å². The van der Waals surface area contributed by atoms with Gasteiger partial charge in [0.05, 0.1) is 6.61 Å². The highest BCUT2D eigenvalue weighted by molar-refractivity contribution is 5.76. The number of rotatable bonds is 3. The van der Waals surface area contributed by atoms with Crippen molar-refractivity contribution in [3.05, 3.63) is 24.3 Å². The van der Waals surface area contributed by atoms with E-state index in [9.17, 15) is 9.18 Å². The molecule has 1 heterocycles. The SMILES string of the molecule is CCOC(=O)C(F)c1cncnc1. The van der Waals surface area contributed by atoms with Crippen LogP contribution in [0.2, 0.25) is 0 Å². The van der Waals surface area contributed by atoms with Crippen LogP contribution in [0, 0.1) is 0 Å². The Kier molecular flexibility index (Phi) is 3.31. The van der Waals surface area contributed by atoms with E-state index in [1.54, 1.807) is 6.92 Å². The van der Waals surface area contributed by atoms with Gasteiger partial charge in [-0.15, -0.1) is 0 Å². The maximum absolute atomic E-state index is 13.2. The Labute approximate surface area is 74.8 Å². The third-order valence-corrected chi connectivity index (χ3v) is 1.37. The van der Waals surface area contributed by atoms with E-state index in [0.717, 1.165) is 0 Å². The quantitative estimate of drug-likeness (QED) is 0.659. The first-order valence-electron chi connectivity index (χ1n) is 3.81. The van der Waals surface area contributed by atoms with Crippen molar-refractivity contribution in [1.82, 2.24) is 9.97 Å². The first-order chi connectivity index (χ1) is 6.25. The zero-order valence-corrected chi connectivity index (χ0v) is 7.11. The summed E-state index contributed by atoms with van der Waals surface area (Å²) in [7, 11) is 0. The number of ether oxygens (including phenoxy) is 1. The van der Waals surface area contributed by atoms with Crippen molar-refractivity contribution in [1.29, 1.82) is 0 Å². The van der Waals surface area contributed by atoms with Crippen molar-refractivity contribution in [3.8, 4) is 0 Å². The van der Waals surface area contributed by atoms with Gasteiger partial charge in [0.2, 0.25) is 6.17 Å². The number of halogens is 1. The Bertz CT molecular complexity index is 279. The highest BCUT2D eigenvalue weighted by Gasteiger charge is 2.20. The Morgan fingerprint density at radius 2 is 2.23 bits per heavy atom. The summed E-state index contributed by atoms with van der Waals surface area (Å²) in [6, 6.07) is 0. The minimum atomic E-state index is -1.79. The molecule has 1 atom stereocenters. The Balaban J connectivity index is 2.68. The molecular formula is C8H9FN2O2. The fourth-order valence-corrected chi connectivity index (χ4v) is 0.793. The molecule has 4 nitrogen and oxygen atoms in total. The molecule has 0 aliphatic rings. The van der Waals surface area contributed by atoms with Gasteiger partial charge in [-0.05, 0) is 6.92 Å². The zero-order valence-electron chi connectivity index (χ0n) is 7.11. The van der Waals surface area contributed by atoms with Gasteiger partial charge in [-0.1, -0.05) is 0 Å². The summed E-state index contributed by atoms with van der Waals surface area (Å²) >= 11 is 0. The molecule has 70 valence electrons. The normalized spacial score (nSPS) is 12.2. The number of hydrogen-bond acceptors (Lipinski definition) is 4. The molecule has 1 aromatic heterocycles. The van der Waals surface area contributed by atoms with Crippen LogP contribution in [0.4, 0.5) is 4.39 Å². The summed E-state index contributed by atoms with van der Waals surface area (Å²) in [5.74, 6) is -0.905. The Morgan fingerprint density at radius 3 is 2.77 bits per heavy atom. The minimum absolute atomic E-state index is 0.112. The zero-order chi connectivity index (χ0) is 9.68. The van der Waals surface area contributed by atoms with Crippen LogP contribution >= 0.6 is 0 Å². The molecule has 1 aromatic rings. The molecule has 0 bridgehead atoms. The van der Waals surface area contributed by atoms with Crippen molar-refractivity contribution in [2.45, 2.75) is 13.1 Å². The highest BCUT2D eigenvalue weighted by Crippen LogP contribution is 2.16. The summed E-state index contributed by atoms with van der Waals surface area (Å²) in [6.45, 7) is 1.78. The monoisotopic (exact) mass is 184 g/mol. The lowest BCUT2D eigenvalue weighted by Gasteiger charge is -2.05. The van der Waals surface area contributed by atoms with Crippen LogP contribution in [0.15, 0.2) is 18.7 Å². The van der Waals surface area contributed by atoms with E-state index in [0.29, 0.717) is 0 Å². The van der Waals surface area contributed by atoms with Gasteiger partial charge in [-0.3, -0.25) is 0 Å². The van der Waals surface area contributed by atoms with Gasteiger partial charge in [0.15, 0.2) is 0 Å². The lowest BCUT2D eigenvalue weighted by molar-refractivity contribution is -0.149. The van der Waals surface area contributed by atoms with E-state index < -0.39 is 12.1 Å². The Hall–Kier alpha value is -1.52. The van der Waals surface area contributed by atoms with Crippen LogP contribution in [0.1, 0.15) is 18.7 Å². The Morgan fingerprint density at radius 1 is 1.62 bits per heavy atom. The second kappa shape index (κ2) is 4.49. The largest absolute Gasteiger partial charge is 0.464 e. The predicted molar refractivity (Wildman–Crippen MR) is 42.5 cm³/mol. The second-order valence-electron chi connectivity index (χ2n) is 2.29. The van der Waals surface area contributed by atoms with Crippen molar-refractivity contribution < 1.29 is 13.9 Å². The van der Waals surface area contributed by atoms with Gasteiger partial charge in [0, 0.05) is 18.0 Å². The molecule has 13 heavy (non-hydrogen) atoms. The number of carbonyl (C=O) groups excluding carboxylic acids is 1. The molecule has 0 radical (unpaired) electrons. The average Bonchev–Trinajstić information content (AvgIpc) is 2.18. The molecule has 0 N–H and O–H groups in total. The van der Waals surface area contributed by atoms with Gasteiger partial charge in [-0.2, -0.15) is 0 Å². The van der Waals surface area contributed by atoms with Crippen LogP contribution in [-0.2, 0) is 9.53 Å².